The SMILES string of the molecule is CCOC(=O)[C@]12CCN(CC(F)(F)F)C[C@@H]1CN(Cc1ccccc1)C2. The Kier molecular flexibility index (Phi) is 5.58. The standard InChI is InChI=1S/C19H25F3N2O2/c1-2-26-17(25)18-8-9-23(14-19(20,21)22)11-16(18)12-24(13-18)10-15-6-4-3-5-7-15/h3-7,16H,2,8-14H2,1H3/t16-,18+/m1/s1. The number of hydrogen-bond donors (Lipinski definition) is 0. The molecule has 0 unspecified atom stereocenters. The largest absolute Gasteiger partial charge is 0.466 e. The number of piperidine rings is 1. The maximum atomic E-state index is 12.8. The van der Waals surface area contributed by atoms with Gasteiger partial charge in [-0.05, 0) is 25.5 Å². The number of carbonyl (C=O) groups is 1. The monoisotopic (exact) mass is 370 g/mol. The van der Waals surface area contributed by atoms with E-state index in [0.29, 0.717) is 26.1 Å². The van der Waals surface area contributed by atoms with Crippen LogP contribution in [0.25, 0.3) is 0 Å². The van der Waals surface area contributed by atoms with Crippen LogP contribution in [0, 0.1) is 11.3 Å². The summed E-state index contributed by atoms with van der Waals surface area (Å²) in [6.45, 7) is 3.54. The van der Waals surface area contributed by atoms with Gasteiger partial charge in [-0.25, -0.2) is 0 Å². The molecule has 0 saturated carbocycles. The van der Waals surface area contributed by atoms with Gasteiger partial charge in [-0.2, -0.15) is 13.2 Å². The molecule has 2 heterocycles. The van der Waals surface area contributed by atoms with Gasteiger partial charge >= 0.3 is 12.1 Å². The summed E-state index contributed by atoms with van der Waals surface area (Å²) in [7, 11) is 0. The highest BCUT2D eigenvalue weighted by Crippen LogP contribution is 2.44. The number of rotatable bonds is 5. The van der Waals surface area contributed by atoms with Crippen LogP contribution in [0.2, 0.25) is 0 Å². The minimum Gasteiger partial charge on any atom is -0.466 e. The lowest BCUT2D eigenvalue weighted by Gasteiger charge is -2.41. The number of hydrogen-bond acceptors (Lipinski definition) is 4. The van der Waals surface area contributed by atoms with E-state index < -0.39 is 18.1 Å². The lowest BCUT2D eigenvalue weighted by Crippen LogP contribution is -2.53. The maximum Gasteiger partial charge on any atom is 0.401 e. The van der Waals surface area contributed by atoms with Crippen LogP contribution in [0.4, 0.5) is 13.2 Å². The normalized spacial score (nSPS) is 27.3. The van der Waals surface area contributed by atoms with Gasteiger partial charge in [-0.1, -0.05) is 30.3 Å². The van der Waals surface area contributed by atoms with E-state index in [9.17, 15) is 18.0 Å². The van der Waals surface area contributed by atoms with Crippen molar-refractivity contribution < 1.29 is 22.7 Å². The molecule has 2 aliphatic heterocycles. The van der Waals surface area contributed by atoms with Gasteiger partial charge < -0.3 is 4.74 Å². The van der Waals surface area contributed by atoms with Crippen molar-refractivity contribution in [2.75, 3.05) is 39.3 Å². The van der Waals surface area contributed by atoms with Gasteiger partial charge in [-0.15, -0.1) is 0 Å². The van der Waals surface area contributed by atoms with Crippen LogP contribution >= 0.6 is 0 Å². The molecule has 2 saturated heterocycles. The second kappa shape index (κ2) is 7.56. The maximum absolute atomic E-state index is 12.8. The van der Waals surface area contributed by atoms with Gasteiger partial charge in [0, 0.05) is 32.1 Å². The summed E-state index contributed by atoms with van der Waals surface area (Å²) in [6.07, 6.45) is -3.80. The Labute approximate surface area is 151 Å². The third-order valence-electron chi connectivity index (χ3n) is 5.45. The molecule has 0 N–H and O–H groups in total. The molecule has 4 nitrogen and oxygen atoms in total. The summed E-state index contributed by atoms with van der Waals surface area (Å²) in [5, 5.41) is 0. The fourth-order valence-electron chi connectivity index (χ4n) is 4.32. The molecule has 2 aliphatic rings. The first-order chi connectivity index (χ1) is 12.3. The molecule has 0 amide bonds. The van der Waals surface area contributed by atoms with Crippen LogP contribution in [0.15, 0.2) is 30.3 Å². The van der Waals surface area contributed by atoms with Gasteiger partial charge in [-0.3, -0.25) is 14.6 Å². The average molecular weight is 370 g/mol. The van der Waals surface area contributed by atoms with E-state index in [4.69, 9.17) is 4.74 Å². The van der Waals surface area contributed by atoms with Crippen LogP contribution in [0.3, 0.4) is 0 Å². The fraction of sp³-hybridized carbons (Fsp3) is 0.632. The molecule has 7 heteroatoms. The first-order valence-electron chi connectivity index (χ1n) is 9.05. The lowest BCUT2D eigenvalue weighted by molar-refractivity contribution is -0.167. The Morgan fingerprint density at radius 3 is 2.58 bits per heavy atom. The van der Waals surface area contributed by atoms with Gasteiger partial charge in [0.2, 0.25) is 0 Å². The van der Waals surface area contributed by atoms with E-state index in [1.54, 1.807) is 6.92 Å². The van der Waals surface area contributed by atoms with Crippen molar-refractivity contribution in [3.05, 3.63) is 35.9 Å². The quantitative estimate of drug-likeness (QED) is 0.746. The minimum absolute atomic E-state index is 0.138. The summed E-state index contributed by atoms with van der Waals surface area (Å²) in [4.78, 5) is 16.3. The second-order valence-corrected chi connectivity index (χ2v) is 7.33. The first kappa shape index (κ1) is 19.2. The van der Waals surface area contributed by atoms with E-state index in [2.05, 4.69) is 4.90 Å². The molecule has 2 fully saturated rings. The number of likely N-dealkylation sites (tertiary alicyclic amines) is 2. The lowest BCUT2D eigenvalue weighted by atomic mass is 9.72. The van der Waals surface area contributed by atoms with E-state index in [1.807, 2.05) is 30.3 Å². The first-order valence-corrected chi connectivity index (χ1v) is 9.05. The number of fused-ring (bicyclic) bond motifs is 1. The molecule has 1 aromatic carbocycles. The highest BCUT2D eigenvalue weighted by atomic mass is 19.4. The number of alkyl halides is 3. The molecule has 26 heavy (non-hydrogen) atoms. The number of carbonyl (C=O) groups excluding carboxylic acids is 1. The number of esters is 1. The Morgan fingerprint density at radius 1 is 1.23 bits per heavy atom. The molecular formula is C19H25F3N2O2. The van der Waals surface area contributed by atoms with Gasteiger partial charge in [0.05, 0.1) is 18.6 Å². The van der Waals surface area contributed by atoms with Crippen molar-refractivity contribution in [1.82, 2.24) is 9.80 Å². The average Bonchev–Trinajstić information content (AvgIpc) is 2.93. The molecule has 2 atom stereocenters. The van der Waals surface area contributed by atoms with Crippen molar-refractivity contribution in [3.8, 4) is 0 Å². The molecule has 144 valence electrons. The van der Waals surface area contributed by atoms with Crippen LogP contribution in [-0.4, -0.2) is 61.3 Å². The molecular weight excluding hydrogens is 345 g/mol. The zero-order valence-corrected chi connectivity index (χ0v) is 15.0. The number of nitrogens with zero attached hydrogens (tertiary/aromatic N) is 2. The van der Waals surface area contributed by atoms with Gasteiger partial charge in [0.1, 0.15) is 0 Å². The molecule has 0 bridgehead atoms. The van der Waals surface area contributed by atoms with Gasteiger partial charge in [0.15, 0.2) is 0 Å². The molecule has 0 spiro atoms. The van der Waals surface area contributed by atoms with Gasteiger partial charge in [0.25, 0.3) is 0 Å². The Bertz CT molecular complexity index is 623. The highest BCUT2D eigenvalue weighted by Gasteiger charge is 2.55. The Morgan fingerprint density at radius 2 is 1.92 bits per heavy atom. The predicted molar refractivity (Wildman–Crippen MR) is 91.4 cm³/mol. The third kappa shape index (κ3) is 4.20. The smallest absolute Gasteiger partial charge is 0.401 e. The molecule has 3 rings (SSSR count). The third-order valence-corrected chi connectivity index (χ3v) is 5.45. The van der Waals surface area contributed by atoms with E-state index >= 15 is 0 Å². The molecule has 1 aromatic rings. The minimum atomic E-state index is -4.22. The van der Waals surface area contributed by atoms with Crippen molar-refractivity contribution in [2.24, 2.45) is 11.3 Å². The molecule has 0 radical (unpaired) electrons. The van der Waals surface area contributed by atoms with Crippen LogP contribution < -0.4 is 0 Å². The van der Waals surface area contributed by atoms with Crippen molar-refractivity contribution >= 4 is 5.97 Å². The zero-order chi connectivity index (χ0) is 18.8. The summed E-state index contributed by atoms with van der Waals surface area (Å²) >= 11 is 0. The predicted octanol–water partition coefficient (Wildman–Crippen LogP) is 2.94. The number of ether oxygens (including phenoxy) is 1. The number of halogens is 3. The van der Waals surface area contributed by atoms with Crippen molar-refractivity contribution in [2.45, 2.75) is 26.1 Å². The van der Waals surface area contributed by atoms with E-state index in [0.717, 1.165) is 5.56 Å². The topological polar surface area (TPSA) is 32.8 Å². The summed E-state index contributed by atoms with van der Waals surface area (Å²) in [5.74, 6) is -0.395. The summed E-state index contributed by atoms with van der Waals surface area (Å²) in [6, 6.07) is 9.92. The van der Waals surface area contributed by atoms with Crippen molar-refractivity contribution in [1.29, 1.82) is 0 Å². The Hall–Kier alpha value is -1.60. The fourth-order valence-corrected chi connectivity index (χ4v) is 4.32. The second-order valence-electron chi connectivity index (χ2n) is 7.33. The van der Waals surface area contributed by atoms with Crippen LogP contribution in [0.5, 0.6) is 0 Å². The molecule has 0 aliphatic carbocycles. The van der Waals surface area contributed by atoms with Crippen LogP contribution in [-0.2, 0) is 16.1 Å². The molecule has 0 aromatic heterocycles. The summed E-state index contributed by atoms with van der Waals surface area (Å²) < 4.78 is 43.7. The highest BCUT2D eigenvalue weighted by molar-refractivity contribution is 5.78. The van der Waals surface area contributed by atoms with Crippen LogP contribution in [0.1, 0.15) is 18.9 Å². The Balaban J connectivity index is 1.75. The van der Waals surface area contributed by atoms with Crippen molar-refractivity contribution in [3.63, 3.8) is 0 Å². The summed E-state index contributed by atoms with van der Waals surface area (Å²) in [5.41, 5.74) is 0.449. The number of benzene rings is 1. The zero-order valence-electron chi connectivity index (χ0n) is 15.0. The van der Waals surface area contributed by atoms with E-state index in [-0.39, 0.29) is 31.6 Å². The van der Waals surface area contributed by atoms with E-state index in [1.165, 1.54) is 4.90 Å².